The zero-order valence-electron chi connectivity index (χ0n) is 12.0. The summed E-state index contributed by atoms with van der Waals surface area (Å²) in [5.41, 5.74) is 2.99. The fourth-order valence-electron chi connectivity index (χ4n) is 3.54. The lowest BCUT2D eigenvalue weighted by molar-refractivity contribution is 0.283. The molecule has 1 aliphatic carbocycles. The van der Waals surface area contributed by atoms with Gasteiger partial charge in [-0.3, -0.25) is 0 Å². The molecular formula is C17H26N2. The lowest BCUT2D eigenvalue weighted by atomic mass is 9.86. The van der Waals surface area contributed by atoms with E-state index in [1.165, 1.54) is 43.2 Å². The van der Waals surface area contributed by atoms with E-state index in [0.29, 0.717) is 6.04 Å². The summed E-state index contributed by atoms with van der Waals surface area (Å²) in [6.45, 7) is 4.53. The van der Waals surface area contributed by atoms with Crippen molar-refractivity contribution in [3.05, 3.63) is 35.4 Å². The van der Waals surface area contributed by atoms with E-state index in [0.717, 1.165) is 25.0 Å². The number of nitrogens with one attached hydrogen (secondary N) is 2. The van der Waals surface area contributed by atoms with Crippen LogP contribution in [0, 0.1) is 5.92 Å². The fourth-order valence-corrected chi connectivity index (χ4v) is 3.54. The van der Waals surface area contributed by atoms with Gasteiger partial charge in [-0.1, -0.05) is 31.2 Å². The highest BCUT2D eigenvalue weighted by molar-refractivity contribution is 5.31. The second kappa shape index (κ2) is 6.06. The van der Waals surface area contributed by atoms with Gasteiger partial charge >= 0.3 is 0 Å². The predicted octanol–water partition coefficient (Wildman–Crippen LogP) is 3.39. The molecule has 0 aromatic heterocycles. The van der Waals surface area contributed by atoms with Crippen molar-refractivity contribution in [2.24, 2.45) is 5.92 Å². The van der Waals surface area contributed by atoms with Crippen molar-refractivity contribution >= 4 is 0 Å². The molecule has 1 fully saturated rings. The molecule has 104 valence electrons. The van der Waals surface area contributed by atoms with Crippen LogP contribution in [-0.4, -0.2) is 12.6 Å². The summed E-state index contributed by atoms with van der Waals surface area (Å²) in [6, 6.07) is 10.2. The number of rotatable bonds is 2. The van der Waals surface area contributed by atoms with Crippen LogP contribution in [0.3, 0.4) is 0 Å². The quantitative estimate of drug-likeness (QED) is 0.849. The number of fused-ring (bicyclic) bond motifs is 1. The minimum Gasteiger partial charge on any atom is -0.313 e. The topological polar surface area (TPSA) is 24.1 Å². The van der Waals surface area contributed by atoms with E-state index in [1.54, 1.807) is 0 Å². The summed E-state index contributed by atoms with van der Waals surface area (Å²) in [7, 11) is 0. The Morgan fingerprint density at radius 2 is 1.84 bits per heavy atom. The molecule has 0 bridgehead atoms. The van der Waals surface area contributed by atoms with Crippen molar-refractivity contribution in [2.75, 3.05) is 6.54 Å². The zero-order chi connectivity index (χ0) is 13.1. The monoisotopic (exact) mass is 258 g/mol. The van der Waals surface area contributed by atoms with Crippen LogP contribution in [-0.2, 0) is 6.54 Å². The van der Waals surface area contributed by atoms with E-state index in [4.69, 9.17) is 0 Å². The van der Waals surface area contributed by atoms with E-state index < -0.39 is 0 Å². The van der Waals surface area contributed by atoms with Gasteiger partial charge in [0.05, 0.1) is 0 Å². The molecule has 1 saturated carbocycles. The number of hydrogen-bond acceptors (Lipinski definition) is 2. The summed E-state index contributed by atoms with van der Waals surface area (Å²) in [5.74, 6) is 0.932. The van der Waals surface area contributed by atoms with Crippen LogP contribution in [0.25, 0.3) is 0 Å². The summed E-state index contributed by atoms with van der Waals surface area (Å²) < 4.78 is 0. The second-order valence-electron chi connectivity index (χ2n) is 6.34. The maximum atomic E-state index is 3.93. The Balaban J connectivity index is 1.70. The summed E-state index contributed by atoms with van der Waals surface area (Å²) >= 11 is 0. The van der Waals surface area contributed by atoms with Gasteiger partial charge in [0, 0.05) is 18.6 Å². The van der Waals surface area contributed by atoms with Crippen LogP contribution in [0.4, 0.5) is 0 Å². The third-order valence-electron chi connectivity index (χ3n) is 4.81. The van der Waals surface area contributed by atoms with Gasteiger partial charge in [0.2, 0.25) is 0 Å². The average Bonchev–Trinajstić information content (AvgIpc) is 2.64. The molecule has 0 spiro atoms. The van der Waals surface area contributed by atoms with Crippen molar-refractivity contribution in [1.29, 1.82) is 0 Å². The SMILES string of the molecule is CC1CCC(NC2CCNCc3ccccc32)CC1. The first-order valence-corrected chi connectivity index (χ1v) is 7.87. The predicted molar refractivity (Wildman–Crippen MR) is 80.1 cm³/mol. The van der Waals surface area contributed by atoms with Crippen molar-refractivity contribution in [2.45, 2.75) is 57.7 Å². The van der Waals surface area contributed by atoms with Crippen LogP contribution in [0.5, 0.6) is 0 Å². The average molecular weight is 258 g/mol. The van der Waals surface area contributed by atoms with E-state index in [9.17, 15) is 0 Å². The Bertz CT molecular complexity index is 407. The molecular weight excluding hydrogens is 232 g/mol. The smallest absolute Gasteiger partial charge is 0.0337 e. The number of benzene rings is 1. The van der Waals surface area contributed by atoms with Crippen LogP contribution in [0.1, 0.15) is 56.2 Å². The molecule has 2 heteroatoms. The summed E-state index contributed by atoms with van der Waals surface area (Å²) in [5, 5.41) is 7.47. The van der Waals surface area contributed by atoms with Gasteiger partial charge in [-0.25, -0.2) is 0 Å². The molecule has 0 amide bonds. The Hall–Kier alpha value is -0.860. The third kappa shape index (κ3) is 3.18. The molecule has 2 nitrogen and oxygen atoms in total. The van der Waals surface area contributed by atoms with E-state index in [1.807, 2.05) is 0 Å². The molecule has 1 atom stereocenters. The second-order valence-corrected chi connectivity index (χ2v) is 6.34. The lowest BCUT2D eigenvalue weighted by Crippen LogP contribution is -2.36. The fraction of sp³-hybridized carbons (Fsp3) is 0.647. The first-order chi connectivity index (χ1) is 9.33. The molecule has 2 aliphatic rings. The first kappa shape index (κ1) is 13.1. The molecule has 0 saturated heterocycles. The summed E-state index contributed by atoms with van der Waals surface area (Å²) in [4.78, 5) is 0. The number of hydrogen-bond donors (Lipinski definition) is 2. The van der Waals surface area contributed by atoms with Gasteiger partial charge in [-0.15, -0.1) is 0 Å². The Kier molecular flexibility index (Phi) is 4.19. The Morgan fingerprint density at radius 3 is 2.68 bits per heavy atom. The molecule has 2 N–H and O–H groups in total. The largest absolute Gasteiger partial charge is 0.313 e. The third-order valence-corrected chi connectivity index (χ3v) is 4.81. The summed E-state index contributed by atoms with van der Waals surface area (Å²) in [6.07, 6.45) is 6.71. The molecule has 19 heavy (non-hydrogen) atoms. The van der Waals surface area contributed by atoms with Gasteiger partial charge in [0.1, 0.15) is 0 Å². The molecule has 1 heterocycles. The van der Waals surface area contributed by atoms with Crippen LogP contribution in [0.15, 0.2) is 24.3 Å². The highest BCUT2D eigenvalue weighted by Crippen LogP contribution is 2.28. The van der Waals surface area contributed by atoms with E-state index in [-0.39, 0.29) is 0 Å². The molecule has 0 radical (unpaired) electrons. The van der Waals surface area contributed by atoms with Crippen molar-refractivity contribution in [1.82, 2.24) is 10.6 Å². The highest BCUT2D eigenvalue weighted by Gasteiger charge is 2.23. The van der Waals surface area contributed by atoms with E-state index >= 15 is 0 Å². The maximum absolute atomic E-state index is 3.93. The van der Waals surface area contributed by atoms with Gasteiger partial charge < -0.3 is 10.6 Å². The molecule has 1 unspecified atom stereocenters. The first-order valence-electron chi connectivity index (χ1n) is 7.87. The van der Waals surface area contributed by atoms with Gasteiger partial charge in [0.25, 0.3) is 0 Å². The Morgan fingerprint density at radius 1 is 1.05 bits per heavy atom. The maximum Gasteiger partial charge on any atom is 0.0337 e. The van der Waals surface area contributed by atoms with Gasteiger partial charge in [-0.05, 0) is 55.7 Å². The zero-order valence-corrected chi connectivity index (χ0v) is 12.0. The van der Waals surface area contributed by atoms with Crippen molar-refractivity contribution in [3.63, 3.8) is 0 Å². The normalized spacial score (nSPS) is 31.5. The molecule has 3 rings (SSSR count). The highest BCUT2D eigenvalue weighted by atomic mass is 15.0. The van der Waals surface area contributed by atoms with Gasteiger partial charge in [-0.2, -0.15) is 0 Å². The van der Waals surface area contributed by atoms with Gasteiger partial charge in [0.15, 0.2) is 0 Å². The minimum atomic E-state index is 0.546. The molecule has 1 aromatic carbocycles. The Labute approximate surface area is 117 Å². The minimum absolute atomic E-state index is 0.546. The van der Waals surface area contributed by atoms with Crippen molar-refractivity contribution in [3.8, 4) is 0 Å². The lowest BCUT2D eigenvalue weighted by Gasteiger charge is -2.31. The standard InChI is InChI=1S/C17H26N2/c1-13-6-8-15(9-7-13)19-17-10-11-18-12-14-4-2-3-5-16(14)17/h2-5,13,15,17-19H,6-12H2,1H3. The molecule has 1 aromatic rings. The molecule has 1 aliphatic heterocycles. The van der Waals surface area contributed by atoms with Crippen LogP contribution in [0.2, 0.25) is 0 Å². The van der Waals surface area contributed by atoms with Crippen molar-refractivity contribution < 1.29 is 0 Å². The van der Waals surface area contributed by atoms with Crippen LogP contribution >= 0.6 is 0 Å². The van der Waals surface area contributed by atoms with Crippen LogP contribution < -0.4 is 10.6 Å². The van der Waals surface area contributed by atoms with E-state index in [2.05, 4.69) is 41.8 Å².